The Morgan fingerprint density at radius 2 is 0.684 bits per heavy atom. The van der Waals surface area contributed by atoms with E-state index in [0.29, 0.717) is 23.9 Å². The van der Waals surface area contributed by atoms with Gasteiger partial charge in [0.2, 0.25) is 0 Å². The molecule has 0 bridgehead atoms. The SMILES string of the molecule is CC/C=C\C/C=C\C/C=C\C/C=C\C/C=C\CCCCCCCCCCCCCC(=O)OCC(COC(OCC[N+](C)(C)C)C(=O)O)OC(=O)CCCCCCCCCCCCC/C=C\C/C=C\C/C=C\C/C=C\C/C=C\CC. The molecule has 9 nitrogen and oxygen atoms in total. The molecular weight excluding hydrogens is 983 g/mol. The molecule has 0 aliphatic rings. The molecule has 0 aliphatic heterocycles. The summed E-state index contributed by atoms with van der Waals surface area (Å²) in [5, 5.41) is 9.73. The zero-order chi connectivity index (χ0) is 57.6. The Kier molecular flexibility index (Phi) is 56.5. The molecule has 1 N–H and O–H groups in total. The highest BCUT2D eigenvalue weighted by Gasteiger charge is 2.25. The first-order chi connectivity index (χ1) is 38.6. The van der Waals surface area contributed by atoms with Crippen molar-refractivity contribution in [1.82, 2.24) is 0 Å². The zero-order valence-electron chi connectivity index (χ0n) is 51.2. The van der Waals surface area contributed by atoms with Crippen LogP contribution in [0.5, 0.6) is 0 Å². The van der Waals surface area contributed by atoms with Crippen LogP contribution in [0.1, 0.15) is 245 Å². The number of rotatable bonds is 57. The van der Waals surface area contributed by atoms with E-state index < -0.39 is 24.3 Å². The average Bonchev–Trinajstić information content (AvgIpc) is 3.42. The number of carboxylic acids is 1. The molecule has 9 heteroatoms. The number of carbonyl (C=O) groups excluding carboxylic acids is 2. The van der Waals surface area contributed by atoms with Gasteiger partial charge in [-0.2, -0.15) is 0 Å². The minimum atomic E-state index is -1.52. The van der Waals surface area contributed by atoms with Gasteiger partial charge in [0.25, 0.3) is 6.29 Å². The first-order valence-electron chi connectivity index (χ1n) is 31.7. The largest absolute Gasteiger partial charge is 0.477 e. The van der Waals surface area contributed by atoms with Crippen LogP contribution in [0.4, 0.5) is 0 Å². The third kappa shape index (κ3) is 61.2. The smallest absolute Gasteiger partial charge is 0.361 e. The molecule has 0 heterocycles. The summed E-state index contributed by atoms with van der Waals surface area (Å²) in [5.41, 5.74) is 0. The van der Waals surface area contributed by atoms with Gasteiger partial charge in [0.15, 0.2) is 6.10 Å². The van der Waals surface area contributed by atoms with Crippen molar-refractivity contribution in [2.45, 2.75) is 257 Å². The second-order valence-electron chi connectivity index (χ2n) is 22.0. The maximum absolute atomic E-state index is 12.9. The van der Waals surface area contributed by atoms with Gasteiger partial charge in [-0.05, 0) is 103 Å². The van der Waals surface area contributed by atoms with Crippen LogP contribution in [0.15, 0.2) is 122 Å². The lowest BCUT2D eigenvalue weighted by Crippen LogP contribution is -2.40. The zero-order valence-corrected chi connectivity index (χ0v) is 51.2. The van der Waals surface area contributed by atoms with Crippen molar-refractivity contribution in [2.75, 3.05) is 47.5 Å². The minimum absolute atomic E-state index is 0.181. The normalized spacial score (nSPS) is 13.6. The average molecular weight is 1100 g/mol. The molecule has 0 aromatic carbocycles. The number of ether oxygens (including phenoxy) is 4. The second-order valence-corrected chi connectivity index (χ2v) is 22.0. The lowest BCUT2D eigenvalue weighted by Gasteiger charge is -2.25. The molecule has 0 aromatic rings. The molecule has 450 valence electrons. The number of aliphatic carboxylic acids is 1. The maximum atomic E-state index is 12.9. The lowest BCUT2D eigenvalue weighted by molar-refractivity contribution is -0.870. The van der Waals surface area contributed by atoms with Gasteiger partial charge in [-0.1, -0.05) is 251 Å². The summed E-state index contributed by atoms with van der Waals surface area (Å²) in [6.45, 7) is 4.64. The van der Waals surface area contributed by atoms with Crippen molar-refractivity contribution in [1.29, 1.82) is 0 Å². The number of hydrogen-bond acceptors (Lipinski definition) is 7. The van der Waals surface area contributed by atoms with E-state index in [9.17, 15) is 19.5 Å². The second kappa shape index (κ2) is 59.8. The van der Waals surface area contributed by atoms with Gasteiger partial charge in [0.05, 0.1) is 34.4 Å². The first kappa shape index (κ1) is 74.7. The molecule has 2 unspecified atom stereocenters. The van der Waals surface area contributed by atoms with Gasteiger partial charge in [0.1, 0.15) is 13.2 Å². The number of unbranched alkanes of at least 4 members (excludes halogenated alkanes) is 22. The summed E-state index contributed by atoms with van der Waals surface area (Å²) in [6.07, 6.45) is 81.4. The first-order valence-corrected chi connectivity index (χ1v) is 31.7. The molecule has 0 fully saturated rings. The van der Waals surface area contributed by atoms with E-state index in [2.05, 4.69) is 135 Å². The van der Waals surface area contributed by atoms with Gasteiger partial charge >= 0.3 is 17.9 Å². The number of esters is 2. The molecule has 2 atom stereocenters. The van der Waals surface area contributed by atoms with Crippen LogP contribution in [-0.2, 0) is 33.3 Å². The summed E-state index contributed by atoms with van der Waals surface area (Å²) in [7, 11) is 5.97. The van der Waals surface area contributed by atoms with Crippen LogP contribution in [0.25, 0.3) is 0 Å². The monoisotopic (exact) mass is 1100 g/mol. The molecule has 0 saturated heterocycles. The van der Waals surface area contributed by atoms with Crippen LogP contribution >= 0.6 is 0 Å². The van der Waals surface area contributed by atoms with Gasteiger partial charge in [-0.25, -0.2) is 4.79 Å². The van der Waals surface area contributed by atoms with E-state index in [4.69, 9.17) is 18.9 Å². The Hall–Kier alpha value is -4.31. The topological polar surface area (TPSA) is 108 Å². The van der Waals surface area contributed by atoms with E-state index in [-0.39, 0.29) is 32.2 Å². The van der Waals surface area contributed by atoms with Crippen molar-refractivity contribution in [2.24, 2.45) is 0 Å². The fourth-order valence-electron chi connectivity index (χ4n) is 8.42. The highest BCUT2D eigenvalue weighted by atomic mass is 16.7. The van der Waals surface area contributed by atoms with Gasteiger partial charge < -0.3 is 28.5 Å². The lowest BCUT2D eigenvalue weighted by atomic mass is 10.0. The Bertz CT molecular complexity index is 1710. The molecule has 0 saturated carbocycles. The number of allylic oxidation sites excluding steroid dienone is 20. The number of carboxylic acid groups (broad SMARTS) is 1. The van der Waals surface area contributed by atoms with E-state index in [0.717, 1.165) is 109 Å². The number of hydrogen-bond donors (Lipinski definition) is 1. The molecule has 0 spiro atoms. The van der Waals surface area contributed by atoms with Gasteiger partial charge in [-0.3, -0.25) is 9.59 Å². The molecule has 0 amide bonds. The molecular formula is C70H118NO8+. The number of likely N-dealkylation sites (N-methyl/N-ethyl adjacent to an activating group) is 1. The van der Waals surface area contributed by atoms with Crippen LogP contribution in [-0.4, -0.2) is 87.4 Å². The Balaban J connectivity index is 4.22. The third-order valence-corrected chi connectivity index (χ3v) is 13.2. The fourth-order valence-corrected chi connectivity index (χ4v) is 8.42. The maximum Gasteiger partial charge on any atom is 0.361 e. The third-order valence-electron chi connectivity index (χ3n) is 13.2. The summed E-state index contributed by atoms with van der Waals surface area (Å²) in [4.78, 5) is 37.6. The molecule has 0 aliphatic carbocycles. The summed E-state index contributed by atoms with van der Waals surface area (Å²) in [5.74, 6) is -2.02. The van der Waals surface area contributed by atoms with Crippen LogP contribution < -0.4 is 0 Å². The van der Waals surface area contributed by atoms with Crippen molar-refractivity contribution >= 4 is 17.9 Å². The van der Waals surface area contributed by atoms with Crippen LogP contribution in [0.2, 0.25) is 0 Å². The summed E-state index contributed by atoms with van der Waals surface area (Å²) in [6, 6.07) is 0. The van der Waals surface area contributed by atoms with E-state index >= 15 is 0 Å². The Morgan fingerprint density at radius 1 is 0.380 bits per heavy atom. The fraction of sp³-hybridized carbons (Fsp3) is 0.671. The van der Waals surface area contributed by atoms with Crippen molar-refractivity contribution < 1.29 is 42.9 Å². The van der Waals surface area contributed by atoms with Gasteiger partial charge in [-0.15, -0.1) is 0 Å². The standard InChI is InChI=1S/C70H117NO8/c1-6-8-10-12-14-16-18-20-22-24-26-28-30-32-34-36-38-40-42-44-46-48-50-52-54-56-58-60-67(72)77-64-66(65-78-70(69(74)75)76-63-62-71(3,4)5)79-68(73)61-59-57-55-53-51-49-47-45-43-41-39-37-35-33-31-29-27-25-23-21-19-17-15-13-11-9-7-2/h8-11,14-17,20-23,26-29,32-35,66,70H,6-7,12-13,18-19,24-25,30-31,36-65H2,1-5H3/p+1/b10-8-,11-9-,16-14-,17-15-,22-20-,23-21-,28-26-,29-27-,34-32-,35-33-. The molecule has 0 radical (unpaired) electrons. The number of nitrogens with zero attached hydrogens (tertiary/aromatic N) is 1. The Morgan fingerprint density at radius 3 is 1.01 bits per heavy atom. The van der Waals surface area contributed by atoms with Crippen molar-refractivity contribution in [3.8, 4) is 0 Å². The predicted octanol–water partition coefficient (Wildman–Crippen LogP) is 19.2. The van der Waals surface area contributed by atoms with Crippen LogP contribution in [0.3, 0.4) is 0 Å². The highest BCUT2D eigenvalue weighted by Crippen LogP contribution is 2.16. The Labute approximate surface area is 485 Å². The van der Waals surface area contributed by atoms with Gasteiger partial charge in [0, 0.05) is 12.8 Å². The minimum Gasteiger partial charge on any atom is -0.477 e. The summed E-state index contributed by atoms with van der Waals surface area (Å²) < 4.78 is 22.9. The molecule has 0 rings (SSSR count). The van der Waals surface area contributed by atoms with E-state index in [1.165, 1.54) is 103 Å². The van der Waals surface area contributed by atoms with Crippen LogP contribution in [0, 0.1) is 0 Å². The molecule has 0 aromatic heterocycles. The van der Waals surface area contributed by atoms with Crippen molar-refractivity contribution in [3.05, 3.63) is 122 Å². The van der Waals surface area contributed by atoms with E-state index in [1.54, 1.807) is 0 Å². The highest BCUT2D eigenvalue weighted by molar-refractivity contribution is 5.71. The molecule has 79 heavy (non-hydrogen) atoms. The predicted molar refractivity (Wildman–Crippen MR) is 336 cm³/mol. The quantitative estimate of drug-likeness (QED) is 0.0211. The summed E-state index contributed by atoms with van der Waals surface area (Å²) >= 11 is 0. The van der Waals surface area contributed by atoms with Crippen molar-refractivity contribution in [3.63, 3.8) is 0 Å². The number of quaternary nitrogens is 1. The van der Waals surface area contributed by atoms with E-state index in [1.807, 2.05) is 21.1 Å². The number of carbonyl (C=O) groups is 3.